The van der Waals surface area contributed by atoms with Gasteiger partial charge in [-0.25, -0.2) is 13.2 Å². The Labute approximate surface area is 231 Å². The highest BCUT2D eigenvalue weighted by molar-refractivity contribution is 7.92. The summed E-state index contributed by atoms with van der Waals surface area (Å²) in [5.74, 6) is -2.69. The zero-order valence-electron chi connectivity index (χ0n) is 22.4. The van der Waals surface area contributed by atoms with E-state index in [9.17, 15) is 26.4 Å². The first-order valence-corrected chi connectivity index (χ1v) is 14.3. The number of aryl methyl sites for hydroxylation is 2. The van der Waals surface area contributed by atoms with Crippen molar-refractivity contribution in [1.82, 2.24) is 10.2 Å². The van der Waals surface area contributed by atoms with Crippen molar-refractivity contribution in [3.63, 3.8) is 0 Å². The minimum absolute atomic E-state index is 0.0631. The molecule has 0 bridgehead atoms. The maximum atomic E-state index is 12.9. The summed E-state index contributed by atoms with van der Waals surface area (Å²) in [7, 11) is -3.68. The van der Waals surface area contributed by atoms with Crippen molar-refractivity contribution in [1.29, 1.82) is 0 Å². The summed E-state index contributed by atoms with van der Waals surface area (Å²) in [6, 6.07) is 12.6. The van der Waals surface area contributed by atoms with Crippen LogP contribution >= 0.6 is 0 Å². The Morgan fingerprint density at radius 1 is 1.05 bits per heavy atom. The highest BCUT2D eigenvalue weighted by Crippen LogP contribution is 2.48. The molecule has 2 aromatic rings. The number of carbonyl (C=O) groups excluding carboxylic acids is 1. The zero-order valence-corrected chi connectivity index (χ0v) is 23.2. The summed E-state index contributed by atoms with van der Waals surface area (Å²) in [4.78, 5) is 24.4. The Kier molecular flexibility index (Phi) is 10.2. The molecule has 1 aliphatic heterocycles. The van der Waals surface area contributed by atoms with E-state index in [0.29, 0.717) is 17.8 Å². The first kappa shape index (κ1) is 31.4. The summed E-state index contributed by atoms with van der Waals surface area (Å²) in [5, 5.41) is 10.2. The molecule has 0 atom stereocenters. The van der Waals surface area contributed by atoms with E-state index >= 15 is 0 Å². The monoisotopic (exact) mass is 585 g/mol. The van der Waals surface area contributed by atoms with Gasteiger partial charge in [0.15, 0.2) is 0 Å². The third kappa shape index (κ3) is 8.42. The predicted molar refractivity (Wildman–Crippen MR) is 143 cm³/mol. The largest absolute Gasteiger partial charge is 0.490 e. The Bertz CT molecular complexity index is 1290. The third-order valence-electron chi connectivity index (χ3n) is 6.79. The van der Waals surface area contributed by atoms with E-state index in [2.05, 4.69) is 14.9 Å². The van der Waals surface area contributed by atoms with Crippen LogP contribution in [0, 0.1) is 13.8 Å². The van der Waals surface area contributed by atoms with Gasteiger partial charge in [-0.15, -0.1) is 0 Å². The van der Waals surface area contributed by atoms with Gasteiger partial charge < -0.3 is 15.2 Å². The Morgan fingerprint density at radius 3 is 2.20 bits per heavy atom. The molecule has 0 radical (unpaired) electrons. The molecule has 1 amide bonds. The topological polar surface area (TPSA) is 125 Å². The molecule has 0 unspecified atom stereocenters. The van der Waals surface area contributed by atoms with Gasteiger partial charge in [0.1, 0.15) is 0 Å². The number of nitrogens with one attached hydrogen (secondary N) is 2. The fraction of sp³-hybridized carbons (Fsp3) is 0.481. The van der Waals surface area contributed by atoms with Crippen molar-refractivity contribution in [2.45, 2.75) is 49.6 Å². The van der Waals surface area contributed by atoms with Crippen molar-refractivity contribution in [3.05, 3.63) is 59.2 Å². The third-order valence-corrected chi connectivity index (χ3v) is 8.31. The number of aliphatic carboxylic acids is 1. The van der Waals surface area contributed by atoms with E-state index in [4.69, 9.17) is 14.6 Å². The van der Waals surface area contributed by atoms with Crippen molar-refractivity contribution < 1.29 is 41.0 Å². The fourth-order valence-electron chi connectivity index (χ4n) is 4.33. The zero-order chi connectivity index (χ0) is 29.6. The van der Waals surface area contributed by atoms with E-state index in [1.165, 1.54) is 0 Å². The molecule has 0 aromatic heterocycles. The number of halogens is 3. The van der Waals surface area contributed by atoms with Gasteiger partial charge in [0.05, 0.1) is 23.5 Å². The molecule has 4 rings (SSSR count). The van der Waals surface area contributed by atoms with Crippen LogP contribution in [0.2, 0.25) is 0 Å². The SMILES string of the molecule is Cc1ccc(C)c(S(=O)(=O)Nc2ccc(C3(C(=O)NCCCN4CCOCC4)CC3)cc2)c1.O=C(O)C(F)(F)F. The molecule has 220 valence electrons. The second-order valence-electron chi connectivity index (χ2n) is 9.90. The highest BCUT2D eigenvalue weighted by atomic mass is 32.2. The van der Waals surface area contributed by atoms with Crippen LogP contribution in [0.3, 0.4) is 0 Å². The molecule has 1 heterocycles. The number of carboxylic acids is 1. The maximum absolute atomic E-state index is 12.9. The quantitative estimate of drug-likeness (QED) is 0.384. The number of morpholine rings is 1. The normalized spacial score (nSPS) is 16.8. The van der Waals surface area contributed by atoms with Crippen molar-refractivity contribution in [2.75, 3.05) is 44.1 Å². The van der Waals surface area contributed by atoms with Crippen LogP contribution in [-0.4, -0.2) is 75.9 Å². The lowest BCUT2D eigenvalue weighted by molar-refractivity contribution is -0.192. The molecular weight excluding hydrogens is 551 g/mol. The van der Waals surface area contributed by atoms with Crippen LogP contribution in [0.4, 0.5) is 18.9 Å². The van der Waals surface area contributed by atoms with E-state index < -0.39 is 27.6 Å². The molecule has 3 N–H and O–H groups in total. The average molecular weight is 586 g/mol. The van der Waals surface area contributed by atoms with Crippen molar-refractivity contribution in [3.8, 4) is 0 Å². The number of anilines is 1. The van der Waals surface area contributed by atoms with Gasteiger partial charge in [-0.05, 0) is 74.5 Å². The minimum Gasteiger partial charge on any atom is -0.475 e. The van der Waals surface area contributed by atoms with Gasteiger partial charge in [0.25, 0.3) is 10.0 Å². The number of benzene rings is 2. The molecule has 13 heteroatoms. The Morgan fingerprint density at radius 2 is 1.65 bits per heavy atom. The lowest BCUT2D eigenvalue weighted by Crippen LogP contribution is -2.39. The summed E-state index contributed by atoms with van der Waals surface area (Å²) >= 11 is 0. The summed E-state index contributed by atoms with van der Waals surface area (Å²) < 4.78 is 65.5. The number of carboxylic acid groups (broad SMARTS) is 1. The minimum atomic E-state index is -5.08. The van der Waals surface area contributed by atoms with Crippen LogP contribution in [0.25, 0.3) is 0 Å². The van der Waals surface area contributed by atoms with Crippen LogP contribution in [0.1, 0.15) is 36.0 Å². The van der Waals surface area contributed by atoms with Gasteiger partial charge in [-0.2, -0.15) is 13.2 Å². The second-order valence-corrected chi connectivity index (χ2v) is 11.6. The molecular formula is C27H34F3N3O6S. The summed E-state index contributed by atoms with van der Waals surface area (Å²) in [6.07, 6.45) is -2.54. The first-order valence-electron chi connectivity index (χ1n) is 12.8. The molecule has 9 nitrogen and oxygen atoms in total. The van der Waals surface area contributed by atoms with Gasteiger partial charge >= 0.3 is 12.1 Å². The molecule has 1 aliphatic carbocycles. The number of sulfonamides is 1. The molecule has 2 aromatic carbocycles. The van der Waals surface area contributed by atoms with Gasteiger partial charge in [0.2, 0.25) is 5.91 Å². The lowest BCUT2D eigenvalue weighted by Gasteiger charge is -2.26. The number of hydrogen-bond acceptors (Lipinski definition) is 6. The Hall–Kier alpha value is -3.16. The van der Waals surface area contributed by atoms with Crippen LogP contribution in [-0.2, 0) is 29.8 Å². The van der Waals surface area contributed by atoms with Crippen LogP contribution in [0.15, 0.2) is 47.4 Å². The maximum Gasteiger partial charge on any atom is 0.490 e. The van der Waals surface area contributed by atoms with E-state index in [1.54, 1.807) is 25.1 Å². The number of ether oxygens (including phenoxy) is 1. The van der Waals surface area contributed by atoms with Gasteiger partial charge in [-0.3, -0.25) is 14.4 Å². The van der Waals surface area contributed by atoms with Crippen molar-refractivity contribution >= 4 is 27.6 Å². The number of alkyl halides is 3. The van der Waals surface area contributed by atoms with Gasteiger partial charge in [-0.1, -0.05) is 24.3 Å². The number of amides is 1. The molecule has 0 spiro atoms. The number of hydrogen-bond donors (Lipinski definition) is 3. The summed E-state index contributed by atoms with van der Waals surface area (Å²) in [6.45, 7) is 8.76. The molecule has 2 aliphatic rings. The summed E-state index contributed by atoms with van der Waals surface area (Å²) in [5.41, 5.74) is 2.53. The van der Waals surface area contributed by atoms with Crippen LogP contribution < -0.4 is 10.0 Å². The highest BCUT2D eigenvalue weighted by Gasteiger charge is 2.51. The molecule has 1 saturated heterocycles. The van der Waals surface area contributed by atoms with Crippen molar-refractivity contribution in [2.24, 2.45) is 0 Å². The fourth-order valence-corrected chi connectivity index (χ4v) is 5.72. The standard InChI is InChI=1S/C25H33N3O4S.C2HF3O2/c1-19-4-5-20(2)23(18-19)33(30,31)27-22-8-6-21(7-9-22)25(10-11-25)24(29)26-12-3-13-28-14-16-32-17-15-28;3-2(4,5)1(6)7/h4-9,18,27H,3,10-17H2,1-2H3,(H,26,29);(H,6,7). The molecule has 2 fully saturated rings. The van der Waals surface area contributed by atoms with E-state index in [0.717, 1.165) is 63.2 Å². The lowest BCUT2D eigenvalue weighted by atomic mass is 9.95. The number of carbonyl (C=O) groups is 2. The van der Waals surface area contributed by atoms with Gasteiger partial charge in [0, 0.05) is 25.3 Å². The second kappa shape index (κ2) is 13.0. The first-order chi connectivity index (χ1) is 18.7. The number of nitrogens with zero attached hydrogens (tertiary/aromatic N) is 1. The smallest absolute Gasteiger partial charge is 0.475 e. The number of rotatable bonds is 9. The molecule has 1 saturated carbocycles. The Balaban J connectivity index is 0.000000559. The van der Waals surface area contributed by atoms with E-state index in [-0.39, 0.29) is 10.8 Å². The van der Waals surface area contributed by atoms with E-state index in [1.807, 2.05) is 31.2 Å². The molecule has 40 heavy (non-hydrogen) atoms. The average Bonchev–Trinajstić information content (AvgIpc) is 3.71. The predicted octanol–water partition coefficient (Wildman–Crippen LogP) is 3.61. The van der Waals surface area contributed by atoms with Crippen LogP contribution in [0.5, 0.6) is 0 Å².